The average Bonchev–Trinajstić information content (AvgIpc) is 2.37. The van der Waals surface area contributed by atoms with E-state index in [2.05, 4.69) is 15.6 Å². The summed E-state index contributed by atoms with van der Waals surface area (Å²) in [5.74, 6) is -0.167. The van der Waals surface area contributed by atoms with Crippen molar-refractivity contribution in [1.82, 2.24) is 10.6 Å². The van der Waals surface area contributed by atoms with Gasteiger partial charge in [-0.05, 0) is 25.0 Å². The topological polar surface area (TPSA) is 56.7 Å². The van der Waals surface area contributed by atoms with Crippen LogP contribution in [0.5, 0.6) is 0 Å². The summed E-state index contributed by atoms with van der Waals surface area (Å²) in [5.41, 5.74) is 2.51. The van der Waals surface area contributed by atoms with Gasteiger partial charge in [0.2, 0.25) is 5.96 Å². The number of benzene rings is 1. The molecule has 0 aromatic heterocycles. The highest BCUT2D eigenvalue weighted by molar-refractivity contribution is 6.06. The van der Waals surface area contributed by atoms with Crippen molar-refractivity contribution in [1.29, 1.82) is 0 Å². The van der Waals surface area contributed by atoms with Gasteiger partial charge in [-0.3, -0.25) is 10.2 Å². The summed E-state index contributed by atoms with van der Waals surface area (Å²) >= 11 is 0. The molecular formula is C13H15F3N4O. The molecule has 0 unspecified atom stereocenters. The smallest absolute Gasteiger partial charge is 0.347 e. The molecule has 1 aromatic rings. The third kappa shape index (κ3) is 3.65. The van der Waals surface area contributed by atoms with Crippen LogP contribution in [0.3, 0.4) is 0 Å². The molecule has 0 saturated heterocycles. The van der Waals surface area contributed by atoms with E-state index in [1.165, 1.54) is 4.90 Å². The number of amides is 2. The highest BCUT2D eigenvalue weighted by Crippen LogP contribution is 2.25. The maximum absolute atomic E-state index is 12.1. The lowest BCUT2D eigenvalue weighted by Crippen LogP contribution is -2.54. The van der Waals surface area contributed by atoms with E-state index in [1.54, 1.807) is 0 Å². The van der Waals surface area contributed by atoms with E-state index in [1.807, 2.05) is 32.0 Å². The number of nitrogens with zero attached hydrogens (tertiary/aromatic N) is 2. The van der Waals surface area contributed by atoms with Crippen LogP contribution in [0.15, 0.2) is 23.2 Å². The number of aryl methyl sites for hydroxylation is 2. The van der Waals surface area contributed by atoms with Gasteiger partial charge in [0, 0.05) is 0 Å². The molecule has 0 atom stereocenters. The number of carbonyl (C=O) groups is 1. The third-order valence-corrected chi connectivity index (χ3v) is 3.01. The lowest BCUT2D eigenvalue weighted by atomic mass is 10.1. The molecule has 114 valence electrons. The molecule has 2 N–H and O–H groups in total. The standard InChI is InChI=1S/C13H15F3N4O/c1-8-4-3-5-9(2)10(8)20-7-18-11(19-12(20)21)17-6-13(14,15)16/h3-5H,6-7H2,1-2H3,(H2,17,18,19,21). The molecule has 8 heteroatoms. The van der Waals surface area contributed by atoms with Gasteiger partial charge in [0.05, 0.1) is 5.69 Å². The lowest BCUT2D eigenvalue weighted by Gasteiger charge is -2.29. The summed E-state index contributed by atoms with van der Waals surface area (Å²) in [6.45, 7) is 2.45. The van der Waals surface area contributed by atoms with E-state index in [0.717, 1.165) is 11.1 Å². The predicted octanol–water partition coefficient (Wildman–Crippen LogP) is 2.30. The molecule has 0 bridgehead atoms. The quantitative estimate of drug-likeness (QED) is 0.880. The largest absolute Gasteiger partial charge is 0.405 e. The molecule has 1 heterocycles. The zero-order valence-corrected chi connectivity index (χ0v) is 11.6. The SMILES string of the molecule is Cc1cccc(C)c1N1CN=C(NCC(F)(F)F)NC1=O. The van der Waals surface area contributed by atoms with Crippen molar-refractivity contribution in [3.05, 3.63) is 29.3 Å². The summed E-state index contributed by atoms with van der Waals surface area (Å²) in [6.07, 6.45) is -4.36. The molecule has 0 saturated carbocycles. The Morgan fingerprint density at radius 2 is 1.95 bits per heavy atom. The van der Waals surface area contributed by atoms with Crippen LogP contribution in [0.4, 0.5) is 23.7 Å². The Balaban J connectivity index is 2.13. The first-order chi connectivity index (χ1) is 9.78. The lowest BCUT2D eigenvalue weighted by molar-refractivity contribution is -0.122. The average molecular weight is 300 g/mol. The van der Waals surface area contributed by atoms with E-state index in [9.17, 15) is 18.0 Å². The van der Waals surface area contributed by atoms with Gasteiger partial charge < -0.3 is 5.32 Å². The van der Waals surface area contributed by atoms with Crippen LogP contribution < -0.4 is 15.5 Å². The monoisotopic (exact) mass is 300 g/mol. The van der Waals surface area contributed by atoms with Gasteiger partial charge in [-0.1, -0.05) is 18.2 Å². The maximum Gasteiger partial charge on any atom is 0.405 e. The molecule has 0 radical (unpaired) electrons. The van der Waals surface area contributed by atoms with Crippen molar-refractivity contribution in [3.63, 3.8) is 0 Å². The van der Waals surface area contributed by atoms with Crippen molar-refractivity contribution in [3.8, 4) is 0 Å². The van der Waals surface area contributed by atoms with Gasteiger partial charge >= 0.3 is 12.2 Å². The fourth-order valence-corrected chi connectivity index (χ4v) is 2.10. The highest BCUT2D eigenvalue weighted by Gasteiger charge is 2.29. The number of carbonyl (C=O) groups excluding carboxylic acids is 1. The maximum atomic E-state index is 12.1. The van der Waals surface area contributed by atoms with Crippen molar-refractivity contribution in [2.75, 3.05) is 18.1 Å². The number of urea groups is 1. The highest BCUT2D eigenvalue weighted by atomic mass is 19.4. The van der Waals surface area contributed by atoms with E-state index in [4.69, 9.17) is 0 Å². The molecule has 1 aromatic carbocycles. The first-order valence-electron chi connectivity index (χ1n) is 6.28. The number of anilines is 1. The number of hydrogen-bond donors (Lipinski definition) is 2. The van der Waals surface area contributed by atoms with Gasteiger partial charge in [-0.2, -0.15) is 13.2 Å². The Morgan fingerprint density at radius 1 is 1.33 bits per heavy atom. The number of nitrogens with one attached hydrogen (secondary N) is 2. The van der Waals surface area contributed by atoms with E-state index in [0.29, 0.717) is 5.69 Å². The van der Waals surface area contributed by atoms with Gasteiger partial charge in [0.1, 0.15) is 13.2 Å². The molecular weight excluding hydrogens is 285 g/mol. The second-order valence-corrected chi connectivity index (χ2v) is 4.72. The molecule has 0 spiro atoms. The van der Waals surface area contributed by atoms with Crippen LogP contribution in [0, 0.1) is 13.8 Å². The minimum atomic E-state index is -4.36. The van der Waals surface area contributed by atoms with E-state index < -0.39 is 18.8 Å². The van der Waals surface area contributed by atoms with Crippen LogP contribution in [-0.2, 0) is 0 Å². The van der Waals surface area contributed by atoms with Crippen LogP contribution in [-0.4, -0.2) is 31.4 Å². The van der Waals surface area contributed by atoms with Gasteiger partial charge in [0.15, 0.2) is 0 Å². The Morgan fingerprint density at radius 3 is 2.48 bits per heavy atom. The minimum Gasteiger partial charge on any atom is -0.347 e. The summed E-state index contributed by atoms with van der Waals surface area (Å²) in [4.78, 5) is 17.4. The van der Waals surface area contributed by atoms with Crippen LogP contribution in [0.25, 0.3) is 0 Å². The molecule has 21 heavy (non-hydrogen) atoms. The molecule has 0 aliphatic carbocycles. The molecule has 2 rings (SSSR count). The van der Waals surface area contributed by atoms with Gasteiger partial charge in [-0.15, -0.1) is 0 Å². The number of para-hydroxylation sites is 1. The molecule has 5 nitrogen and oxygen atoms in total. The van der Waals surface area contributed by atoms with E-state index >= 15 is 0 Å². The van der Waals surface area contributed by atoms with Crippen LogP contribution in [0.1, 0.15) is 11.1 Å². The van der Waals surface area contributed by atoms with Gasteiger partial charge in [-0.25, -0.2) is 9.79 Å². The van der Waals surface area contributed by atoms with Crippen molar-refractivity contribution in [2.45, 2.75) is 20.0 Å². The van der Waals surface area contributed by atoms with Crippen molar-refractivity contribution in [2.24, 2.45) is 4.99 Å². The second-order valence-electron chi connectivity index (χ2n) is 4.72. The Kier molecular flexibility index (Phi) is 4.06. The van der Waals surface area contributed by atoms with E-state index in [-0.39, 0.29) is 12.6 Å². The number of guanidine groups is 1. The zero-order chi connectivity index (χ0) is 15.6. The number of hydrogen-bond acceptors (Lipinski definition) is 3. The number of halogens is 3. The molecule has 0 fully saturated rings. The van der Waals surface area contributed by atoms with Crippen LogP contribution in [0.2, 0.25) is 0 Å². The normalized spacial score (nSPS) is 15.6. The van der Waals surface area contributed by atoms with Gasteiger partial charge in [0.25, 0.3) is 0 Å². The number of rotatable bonds is 2. The van der Waals surface area contributed by atoms with Crippen LogP contribution >= 0.6 is 0 Å². The first-order valence-corrected chi connectivity index (χ1v) is 6.28. The Bertz CT molecular complexity index is 563. The number of aliphatic imine (C=N–C) groups is 1. The fourth-order valence-electron chi connectivity index (χ4n) is 2.10. The summed E-state index contributed by atoms with van der Waals surface area (Å²) < 4.78 is 36.3. The molecule has 2 amide bonds. The zero-order valence-electron chi connectivity index (χ0n) is 11.6. The third-order valence-electron chi connectivity index (χ3n) is 3.01. The minimum absolute atomic E-state index is 0.0300. The Labute approximate surface area is 119 Å². The predicted molar refractivity (Wildman–Crippen MR) is 73.3 cm³/mol. The summed E-state index contributed by atoms with van der Waals surface area (Å²) in [5, 5.41) is 4.38. The Hall–Kier alpha value is -2.25. The fraction of sp³-hybridized carbons (Fsp3) is 0.385. The second kappa shape index (κ2) is 5.63. The molecule has 1 aliphatic rings. The first kappa shape index (κ1) is 15.1. The van der Waals surface area contributed by atoms with Crippen molar-refractivity contribution < 1.29 is 18.0 Å². The number of alkyl halides is 3. The molecule has 1 aliphatic heterocycles. The van der Waals surface area contributed by atoms with Crippen molar-refractivity contribution >= 4 is 17.7 Å². The summed E-state index contributed by atoms with van der Waals surface area (Å²) in [6, 6.07) is 5.08. The summed E-state index contributed by atoms with van der Waals surface area (Å²) in [7, 11) is 0.